The van der Waals surface area contributed by atoms with Crippen LogP contribution in [-0.4, -0.2) is 37.6 Å². The summed E-state index contributed by atoms with van der Waals surface area (Å²) in [6.45, 7) is 4.03. The van der Waals surface area contributed by atoms with Crippen molar-refractivity contribution in [3.63, 3.8) is 0 Å². The molecule has 1 atom stereocenters. The van der Waals surface area contributed by atoms with Crippen LogP contribution in [0.1, 0.15) is 25.5 Å². The molecule has 1 rings (SSSR count). The van der Waals surface area contributed by atoms with Crippen molar-refractivity contribution < 1.29 is 13.5 Å². The SMILES string of the molecule is CC(C)(CNCC(O)c1ccsc1)S(C)(=O)=O. The van der Waals surface area contributed by atoms with E-state index in [1.54, 1.807) is 13.8 Å². The number of aliphatic hydroxyl groups is 1. The molecular formula is C11H19NO3S2. The molecule has 0 bridgehead atoms. The van der Waals surface area contributed by atoms with E-state index in [2.05, 4.69) is 5.32 Å². The van der Waals surface area contributed by atoms with Crippen LogP contribution in [0, 0.1) is 0 Å². The quantitative estimate of drug-likeness (QED) is 0.820. The largest absolute Gasteiger partial charge is 0.387 e. The molecule has 0 aliphatic carbocycles. The molecule has 2 N–H and O–H groups in total. The Morgan fingerprint density at radius 3 is 2.65 bits per heavy atom. The molecule has 4 nitrogen and oxygen atoms in total. The molecule has 98 valence electrons. The molecule has 0 spiro atoms. The van der Waals surface area contributed by atoms with Gasteiger partial charge >= 0.3 is 0 Å². The molecule has 1 aromatic heterocycles. The number of nitrogens with one attached hydrogen (secondary N) is 1. The lowest BCUT2D eigenvalue weighted by Gasteiger charge is -2.23. The molecule has 6 heteroatoms. The minimum Gasteiger partial charge on any atom is -0.387 e. The molecule has 0 aromatic carbocycles. The van der Waals surface area contributed by atoms with Crippen molar-refractivity contribution in [2.24, 2.45) is 0 Å². The predicted molar refractivity (Wildman–Crippen MR) is 71.1 cm³/mol. The lowest BCUT2D eigenvalue weighted by molar-refractivity contribution is 0.174. The molecule has 1 unspecified atom stereocenters. The van der Waals surface area contributed by atoms with Gasteiger partial charge in [-0.3, -0.25) is 0 Å². The maximum Gasteiger partial charge on any atom is 0.153 e. The third-order valence-electron chi connectivity index (χ3n) is 2.82. The maximum atomic E-state index is 11.5. The monoisotopic (exact) mass is 277 g/mol. The van der Waals surface area contributed by atoms with Crippen LogP contribution in [0.5, 0.6) is 0 Å². The topological polar surface area (TPSA) is 66.4 Å². The fraction of sp³-hybridized carbons (Fsp3) is 0.636. The van der Waals surface area contributed by atoms with Crippen LogP contribution in [0.3, 0.4) is 0 Å². The van der Waals surface area contributed by atoms with Gasteiger partial charge in [-0.1, -0.05) is 0 Å². The Bertz CT molecular complexity index is 437. The molecule has 0 amide bonds. The zero-order valence-corrected chi connectivity index (χ0v) is 11.9. The summed E-state index contributed by atoms with van der Waals surface area (Å²) in [5.74, 6) is 0. The highest BCUT2D eigenvalue weighted by Gasteiger charge is 2.29. The van der Waals surface area contributed by atoms with Gasteiger partial charge in [-0.05, 0) is 36.2 Å². The highest BCUT2D eigenvalue weighted by molar-refractivity contribution is 7.92. The average molecular weight is 277 g/mol. The molecule has 1 aromatic rings. The van der Waals surface area contributed by atoms with Gasteiger partial charge in [0.25, 0.3) is 0 Å². The van der Waals surface area contributed by atoms with E-state index in [1.165, 1.54) is 17.6 Å². The van der Waals surface area contributed by atoms with Crippen LogP contribution in [0.2, 0.25) is 0 Å². The van der Waals surface area contributed by atoms with Crippen molar-refractivity contribution in [3.05, 3.63) is 22.4 Å². The smallest absolute Gasteiger partial charge is 0.153 e. The lowest BCUT2D eigenvalue weighted by Crippen LogP contribution is -2.42. The first-order chi connectivity index (χ1) is 7.74. The second-order valence-corrected chi connectivity index (χ2v) is 8.16. The minimum atomic E-state index is -3.10. The van der Waals surface area contributed by atoms with Crippen LogP contribution in [0.25, 0.3) is 0 Å². The highest BCUT2D eigenvalue weighted by Crippen LogP contribution is 2.16. The summed E-state index contributed by atoms with van der Waals surface area (Å²) in [7, 11) is -3.10. The van der Waals surface area contributed by atoms with E-state index in [9.17, 15) is 13.5 Å². The summed E-state index contributed by atoms with van der Waals surface area (Å²) in [5.41, 5.74) is 0.861. The Hall–Kier alpha value is -0.430. The Kier molecular flexibility index (Phi) is 4.71. The number of hydrogen-bond acceptors (Lipinski definition) is 5. The van der Waals surface area contributed by atoms with Crippen molar-refractivity contribution in [3.8, 4) is 0 Å². The first-order valence-corrected chi connectivity index (χ1v) is 8.18. The molecule has 0 aliphatic rings. The van der Waals surface area contributed by atoms with Gasteiger partial charge in [0.15, 0.2) is 9.84 Å². The Morgan fingerprint density at radius 1 is 1.53 bits per heavy atom. The summed E-state index contributed by atoms with van der Waals surface area (Å²) in [6.07, 6.45) is 0.640. The Balaban J connectivity index is 2.44. The van der Waals surface area contributed by atoms with Gasteiger partial charge < -0.3 is 10.4 Å². The normalized spacial score (nSPS) is 14.8. The minimum absolute atomic E-state index is 0.326. The predicted octanol–water partition coefficient (Wildman–Crippen LogP) is 1.19. The molecule has 0 saturated carbocycles. The highest BCUT2D eigenvalue weighted by atomic mass is 32.2. The van der Waals surface area contributed by atoms with Gasteiger partial charge in [0.1, 0.15) is 0 Å². The van der Waals surface area contributed by atoms with Crippen LogP contribution in [0.4, 0.5) is 0 Å². The molecule has 0 saturated heterocycles. The fourth-order valence-corrected chi connectivity index (χ4v) is 2.29. The number of rotatable bonds is 6. The van der Waals surface area contributed by atoms with E-state index >= 15 is 0 Å². The maximum absolute atomic E-state index is 11.5. The molecule has 1 heterocycles. The summed E-state index contributed by atoms with van der Waals surface area (Å²) >= 11 is 1.53. The fourth-order valence-electron chi connectivity index (χ4n) is 1.22. The summed E-state index contributed by atoms with van der Waals surface area (Å²) in [6, 6.07) is 1.86. The van der Waals surface area contributed by atoms with E-state index in [0.717, 1.165) is 5.56 Å². The van der Waals surface area contributed by atoms with Crippen LogP contribution in [0.15, 0.2) is 16.8 Å². The van der Waals surface area contributed by atoms with Crippen LogP contribution < -0.4 is 5.32 Å². The van der Waals surface area contributed by atoms with Crippen LogP contribution >= 0.6 is 11.3 Å². The van der Waals surface area contributed by atoms with Crippen molar-refractivity contribution in [2.75, 3.05) is 19.3 Å². The summed E-state index contributed by atoms with van der Waals surface area (Å²) in [4.78, 5) is 0. The Morgan fingerprint density at radius 2 is 2.18 bits per heavy atom. The molecule has 0 radical (unpaired) electrons. The third-order valence-corrected chi connectivity index (χ3v) is 5.67. The standard InChI is InChI=1S/C11H19NO3S2/c1-11(2,17(3,14)15)8-12-6-10(13)9-4-5-16-7-9/h4-5,7,10,12-13H,6,8H2,1-3H3. The number of sulfone groups is 1. The number of hydrogen-bond donors (Lipinski definition) is 2. The molecule has 17 heavy (non-hydrogen) atoms. The van der Waals surface area contributed by atoms with Gasteiger partial charge in [-0.2, -0.15) is 11.3 Å². The van der Waals surface area contributed by atoms with E-state index in [4.69, 9.17) is 0 Å². The first kappa shape index (κ1) is 14.6. The molecular weight excluding hydrogens is 258 g/mol. The second kappa shape index (κ2) is 5.48. The van der Waals surface area contributed by atoms with Gasteiger partial charge in [0.2, 0.25) is 0 Å². The number of aliphatic hydroxyl groups excluding tert-OH is 1. The second-order valence-electron chi connectivity index (χ2n) is 4.74. The van der Waals surface area contributed by atoms with E-state index in [0.29, 0.717) is 13.1 Å². The van der Waals surface area contributed by atoms with E-state index in [-0.39, 0.29) is 0 Å². The van der Waals surface area contributed by atoms with Crippen molar-refractivity contribution in [1.82, 2.24) is 5.32 Å². The first-order valence-electron chi connectivity index (χ1n) is 5.34. The van der Waals surface area contributed by atoms with Crippen molar-refractivity contribution in [2.45, 2.75) is 24.7 Å². The van der Waals surface area contributed by atoms with Crippen molar-refractivity contribution in [1.29, 1.82) is 0 Å². The Labute approximate surface area is 107 Å². The van der Waals surface area contributed by atoms with Crippen LogP contribution in [-0.2, 0) is 9.84 Å². The molecule has 0 fully saturated rings. The van der Waals surface area contributed by atoms with E-state index < -0.39 is 20.7 Å². The molecule has 0 aliphatic heterocycles. The zero-order valence-electron chi connectivity index (χ0n) is 10.3. The van der Waals surface area contributed by atoms with Gasteiger partial charge in [-0.15, -0.1) is 0 Å². The summed E-state index contributed by atoms with van der Waals surface area (Å²) in [5, 5.41) is 16.6. The van der Waals surface area contributed by atoms with Gasteiger partial charge in [-0.25, -0.2) is 8.42 Å². The zero-order chi connectivity index (χ0) is 13.1. The third kappa shape index (κ3) is 4.06. The van der Waals surface area contributed by atoms with Gasteiger partial charge in [0, 0.05) is 19.3 Å². The average Bonchev–Trinajstić information content (AvgIpc) is 2.67. The lowest BCUT2D eigenvalue weighted by atomic mass is 10.1. The number of thiophene rings is 1. The van der Waals surface area contributed by atoms with E-state index in [1.807, 2.05) is 16.8 Å². The van der Waals surface area contributed by atoms with Gasteiger partial charge in [0.05, 0.1) is 10.9 Å². The summed E-state index contributed by atoms with van der Waals surface area (Å²) < 4.78 is 22.1. The van der Waals surface area contributed by atoms with Crippen molar-refractivity contribution >= 4 is 21.2 Å².